The normalized spacial score (nSPS) is 13.4. The van der Waals surface area contributed by atoms with E-state index in [0.29, 0.717) is 0 Å². The van der Waals surface area contributed by atoms with Crippen molar-refractivity contribution >= 4 is 51.4 Å². The van der Waals surface area contributed by atoms with E-state index in [2.05, 4.69) is 34.0 Å². The molecule has 5 nitrogen and oxygen atoms in total. The molecule has 1 amide bonds. The number of para-hydroxylation sites is 4. The SMILES string of the molecule is CSCc1nc2ccccc2n1CC(=O)Nc1ccccc1N1CCc2sccc2C1. The van der Waals surface area contributed by atoms with Gasteiger partial charge in [-0.3, -0.25) is 4.79 Å². The lowest BCUT2D eigenvalue weighted by Crippen LogP contribution is -2.30. The second kappa shape index (κ2) is 8.77. The van der Waals surface area contributed by atoms with Crippen LogP contribution in [0.4, 0.5) is 11.4 Å². The Morgan fingerprint density at radius 1 is 1.16 bits per heavy atom. The lowest BCUT2D eigenvalue weighted by Gasteiger charge is -2.30. The zero-order valence-corrected chi connectivity index (χ0v) is 19.0. The molecule has 0 bridgehead atoms. The summed E-state index contributed by atoms with van der Waals surface area (Å²) < 4.78 is 2.03. The van der Waals surface area contributed by atoms with Crippen LogP contribution in [0, 0.1) is 0 Å². The molecule has 1 aliphatic rings. The van der Waals surface area contributed by atoms with Gasteiger partial charge < -0.3 is 14.8 Å². The molecular formula is C24H24N4OS2. The quantitative estimate of drug-likeness (QED) is 0.443. The summed E-state index contributed by atoms with van der Waals surface area (Å²) in [6.45, 7) is 2.10. The zero-order valence-electron chi connectivity index (χ0n) is 17.4. The molecule has 3 heterocycles. The molecule has 0 saturated carbocycles. The van der Waals surface area contributed by atoms with Crippen LogP contribution in [-0.4, -0.2) is 28.3 Å². The minimum atomic E-state index is -0.0359. The van der Waals surface area contributed by atoms with Gasteiger partial charge in [0.15, 0.2) is 0 Å². The summed E-state index contributed by atoms with van der Waals surface area (Å²) in [5, 5.41) is 5.33. The van der Waals surface area contributed by atoms with E-state index in [0.717, 1.165) is 53.5 Å². The van der Waals surface area contributed by atoms with Gasteiger partial charge in [0, 0.05) is 18.0 Å². The minimum absolute atomic E-state index is 0.0359. The fraction of sp³-hybridized carbons (Fsp3) is 0.250. The van der Waals surface area contributed by atoms with Crippen molar-refractivity contribution < 1.29 is 4.79 Å². The first-order chi connectivity index (χ1) is 15.2. The summed E-state index contributed by atoms with van der Waals surface area (Å²) in [6, 6.07) is 18.3. The van der Waals surface area contributed by atoms with Gasteiger partial charge in [-0.05, 0) is 54.0 Å². The lowest BCUT2D eigenvalue weighted by molar-refractivity contribution is -0.116. The van der Waals surface area contributed by atoms with Gasteiger partial charge >= 0.3 is 0 Å². The number of anilines is 2. The Balaban J connectivity index is 1.38. The van der Waals surface area contributed by atoms with Crippen molar-refractivity contribution in [3.8, 4) is 0 Å². The van der Waals surface area contributed by atoms with Gasteiger partial charge in [-0.2, -0.15) is 11.8 Å². The van der Waals surface area contributed by atoms with E-state index in [9.17, 15) is 4.79 Å². The van der Waals surface area contributed by atoms with Crippen LogP contribution in [0.5, 0.6) is 0 Å². The Hall–Kier alpha value is -2.77. The van der Waals surface area contributed by atoms with Crippen molar-refractivity contribution in [1.82, 2.24) is 9.55 Å². The number of hydrogen-bond acceptors (Lipinski definition) is 5. The summed E-state index contributed by atoms with van der Waals surface area (Å²) in [5.74, 6) is 1.67. The fourth-order valence-corrected chi connectivity index (χ4v) is 5.55. The predicted octanol–water partition coefficient (Wildman–Crippen LogP) is 5.16. The molecule has 1 N–H and O–H groups in total. The highest BCUT2D eigenvalue weighted by atomic mass is 32.2. The van der Waals surface area contributed by atoms with Crippen molar-refractivity contribution in [3.05, 3.63) is 76.2 Å². The first-order valence-electron chi connectivity index (χ1n) is 10.3. The van der Waals surface area contributed by atoms with Gasteiger partial charge in [-0.1, -0.05) is 24.3 Å². The first kappa shape index (κ1) is 20.2. The van der Waals surface area contributed by atoms with Crippen LogP contribution in [0.15, 0.2) is 60.0 Å². The molecular weight excluding hydrogens is 424 g/mol. The Morgan fingerprint density at radius 2 is 2.00 bits per heavy atom. The van der Waals surface area contributed by atoms with Crippen LogP contribution in [0.1, 0.15) is 16.3 Å². The number of amides is 1. The Kier molecular flexibility index (Phi) is 5.70. The fourth-order valence-electron chi connectivity index (χ4n) is 4.18. The molecule has 0 fully saturated rings. The second-order valence-corrected chi connectivity index (χ2v) is 9.51. The second-order valence-electron chi connectivity index (χ2n) is 7.64. The monoisotopic (exact) mass is 448 g/mol. The van der Waals surface area contributed by atoms with Crippen LogP contribution in [-0.2, 0) is 30.1 Å². The van der Waals surface area contributed by atoms with Crippen LogP contribution in [0.25, 0.3) is 11.0 Å². The highest BCUT2D eigenvalue weighted by Gasteiger charge is 2.20. The van der Waals surface area contributed by atoms with E-state index in [4.69, 9.17) is 4.98 Å². The molecule has 0 aliphatic carbocycles. The van der Waals surface area contributed by atoms with Gasteiger partial charge in [0.1, 0.15) is 12.4 Å². The lowest BCUT2D eigenvalue weighted by atomic mass is 10.1. The molecule has 4 aromatic rings. The maximum atomic E-state index is 13.1. The third-order valence-electron chi connectivity index (χ3n) is 5.64. The van der Waals surface area contributed by atoms with E-state index in [-0.39, 0.29) is 12.5 Å². The van der Waals surface area contributed by atoms with Gasteiger partial charge in [0.25, 0.3) is 0 Å². The van der Waals surface area contributed by atoms with Crippen LogP contribution < -0.4 is 10.2 Å². The molecule has 5 rings (SSSR count). The summed E-state index contributed by atoms with van der Waals surface area (Å²) >= 11 is 3.55. The highest BCUT2D eigenvalue weighted by molar-refractivity contribution is 7.97. The van der Waals surface area contributed by atoms with E-state index in [1.807, 2.05) is 58.4 Å². The Bertz CT molecular complexity index is 1230. The van der Waals surface area contributed by atoms with Crippen LogP contribution in [0.2, 0.25) is 0 Å². The number of nitrogens with one attached hydrogen (secondary N) is 1. The smallest absolute Gasteiger partial charge is 0.244 e. The maximum absolute atomic E-state index is 13.1. The maximum Gasteiger partial charge on any atom is 0.244 e. The predicted molar refractivity (Wildman–Crippen MR) is 131 cm³/mol. The van der Waals surface area contributed by atoms with Gasteiger partial charge in [-0.25, -0.2) is 4.98 Å². The highest BCUT2D eigenvalue weighted by Crippen LogP contribution is 2.32. The average molecular weight is 449 g/mol. The zero-order chi connectivity index (χ0) is 21.2. The van der Waals surface area contributed by atoms with E-state index < -0.39 is 0 Å². The minimum Gasteiger partial charge on any atom is -0.365 e. The summed E-state index contributed by atoms with van der Waals surface area (Å²) in [5.41, 5.74) is 5.26. The van der Waals surface area contributed by atoms with Crippen molar-refractivity contribution in [1.29, 1.82) is 0 Å². The topological polar surface area (TPSA) is 50.2 Å². The van der Waals surface area contributed by atoms with Crippen LogP contribution >= 0.6 is 23.1 Å². The van der Waals surface area contributed by atoms with E-state index >= 15 is 0 Å². The van der Waals surface area contributed by atoms with Crippen molar-refractivity contribution in [2.45, 2.75) is 25.3 Å². The number of aromatic nitrogens is 2. The number of fused-ring (bicyclic) bond motifs is 2. The van der Waals surface area contributed by atoms with E-state index in [1.165, 1.54) is 10.4 Å². The molecule has 31 heavy (non-hydrogen) atoms. The van der Waals surface area contributed by atoms with Crippen molar-refractivity contribution in [2.75, 3.05) is 23.0 Å². The Morgan fingerprint density at radius 3 is 2.90 bits per heavy atom. The molecule has 0 unspecified atom stereocenters. The third kappa shape index (κ3) is 4.07. The number of thiophene rings is 1. The van der Waals surface area contributed by atoms with Crippen molar-refractivity contribution in [3.63, 3.8) is 0 Å². The number of imidazole rings is 1. The van der Waals surface area contributed by atoms with Crippen LogP contribution in [0.3, 0.4) is 0 Å². The number of nitrogens with zero attached hydrogens (tertiary/aromatic N) is 3. The molecule has 7 heteroatoms. The molecule has 1 aliphatic heterocycles. The van der Waals surface area contributed by atoms with Crippen molar-refractivity contribution in [2.24, 2.45) is 0 Å². The number of carbonyl (C=O) groups excluding carboxylic acids is 1. The van der Waals surface area contributed by atoms with Gasteiger partial charge in [-0.15, -0.1) is 11.3 Å². The third-order valence-corrected chi connectivity index (χ3v) is 7.21. The molecule has 0 saturated heterocycles. The first-order valence-corrected chi connectivity index (χ1v) is 12.6. The van der Waals surface area contributed by atoms with Gasteiger partial charge in [0.2, 0.25) is 5.91 Å². The molecule has 2 aromatic carbocycles. The molecule has 0 spiro atoms. The number of rotatable bonds is 6. The summed E-state index contributed by atoms with van der Waals surface area (Å²) in [7, 11) is 0. The number of benzene rings is 2. The number of hydrogen-bond donors (Lipinski definition) is 1. The largest absolute Gasteiger partial charge is 0.365 e. The summed E-state index contributed by atoms with van der Waals surface area (Å²) in [4.78, 5) is 21.6. The number of thioether (sulfide) groups is 1. The Labute approximate surface area is 190 Å². The molecule has 0 atom stereocenters. The molecule has 158 valence electrons. The average Bonchev–Trinajstić information content (AvgIpc) is 3.39. The van der Waals surface area contributed by atoms with E-state index in [1.54, 1.807) is 11.8 Å². The standard InChI is InChI=1S/C24H24N4OS2/c1-30-16-23-25-19-7-3-5-9-21(19)28(23)15-24(29)26-18-6-2-4-8-20(18)27-12-10-22-17(14-27)11-13-31-22/h2-9,11,13H,10,12,14-16H2,1H3,(H,26,29). The van der Waals surface area contributed by atoms with Gasteiger partial charge in [0.05, 0.1) is 28.2 Å². The summed E-state index contributed by atoms with van der Waals surface area (Å²) in [6.07, 6.45) is 3.10. The molecule has 2 aromatic heterocycles. The molecule has 0 radical (unpaired) electrons. The number of carbonyl (C=O) groups is 1.